The minimum atomic E-state index is -0.143. The Hall–Kier alpha value is -11.5. The molecule has 0 fully saturated rings. The molecule has 5 heteroatoms. The maximum Gasteiger partial charge on any atom is 0.240 e. The lowest BCUT2D eigenvalue weighted by molar-refractivity contribution is 0.660. The highest BCUT2D eigenvalue weighted by Crippen LogP contribution is 2.55. The van der Waals surface area contributed by atoms with Gasteiger partial charge in [-0.3, -0.25) is 9.13 Å². The fourth-order valence-corrected chi connectivity index (χ4v) is 17.7. The molecule has 4 aliphatic carbocycles. The van der Waals surface area contributed by atoms with Crippen molar-refractivity contribution in [2.75, 3.05) is 0 Å². The standard InChI is InChI=1S/C91H65N5/c1-89(2)75-29-14-9-23-63(75)66-41-35-54(48-78(66)89)53-34-40-62-61-22-7-8-28-73(61)85(74(62)47-53)59-20-19-21-60(46-59)86-92-87(95-81-32-17-12-26-69(81)71-44-38-57(51-83(71)95)55-36-42-67-64-24-10-15-30-76(64)90(3,4)79(67)49-55)94-88(93-86)96-82-33-18-13-27-70(82)72-45-39-58(52-84(72)96)56-37-43-68-65-25-11-16-31-77(65)91(5,6)80(68)50-56/h7-52,85H,1-6H3. The van der Waals surface area contributed by atoms with Crippen molar-refractivity contribution in [1.82, 2.24) is 24.1 Å². The van der Waals surface area contributed by atoms with Crippen LogP contribution in [0, 0.1) is 0 Å². The molecule has 0 radical (unpaired) electrons. The van der Waals surface area contributed by atoms with Gasteiger partial charge in [0.05, 0.1) is 22.1 Å². The summed E-state index contributed by atoms with van der Waals surface area (Å²) in [5.74, 6) is 1.62. The summed E-state index contributed by atoms with van der Waals surface area (Å²) < 4.78 is 4.57. The topological polar surface area (TPSA) is 48.5 Å². The van der Waals surface area contributed by atoms with Gasteiger partial charge >= 0.3 is 0 Å². The first-order valence-corrected chi connectivity index (χ1v) is 33.8. The van der Waals surface area contributed by atoms with Gasteiger partial charge in [-0.25, -0.2) is 0 Å². The number of nitrogens with zero attached hydrogens (tertiary/aromatic N) is 5. The fraction of sp³-hybridized carbons (Fsp3) is 0.110. The predicted molar refractivity (Wildman–Crippen MR) is 396 cm³/mol. The largest absolute Gasteiger partial charge is 0.278 e. The molecule has 1 unspecified atom stereocenters. The van der Waals surface area contributed by atoms with Crippen LogP contribution in [0.25, 0.3) is 145 Å². The van der Waals surface area contributed by atoms with E-state index >= 15 is 0 Å². The third kappa shape index (κ3) is 7.71. The SMILES string of the molecule is CC1(C)c2ccccc2-c2ccc(-c3ccc4c(c3)C(c3cccc(-c5nc(-n6c7ccccc7c7ccc(-c8ccc9c(c8)C(C)(C)c8ccccc8-9)cc76)nc(-n6c7ccccc7c7ccc(-c8ccc9c(c8)C(C)(C)c8ccccc8-9)cc76)n5)c3)c3ccccc3-4)cc21. The van der Waals surface area contributed by atoms with Crippen molar-refractivity contribution in [2.45, 2.75) is 63.7 Å². The molecule has 0 spiro atoms. The van der Waals surface area contributed by atoms with E-state index in [1.807, 2.05) is 0 Å². The van der Waals surface area contributed by atoms with Crippen molar-refractivity contribution in [1.29, 1.82) is 0 Å². The summed E-state index contributed by atoms with van der Waals surface area (Å²) >= 11 is 0. The van der Waals surface area contributed by atoms with Crippen LogP contribution >= 0.6 is 0 Å². The van der Waals surface area contributed by atoms with E-state index in [0.29, 0.717) is 17.7 Å². The highest BCUT2D eigenvalue weighted by Gasteiger charge is 2.39. The van der Waals surface area contributed by atoms with Gasteiger partial charge in [-0.1, -0.05) is 266 Å². The smallest absolute Gasteiger partial charge is 0.240 e. The van der Waals surface area contributed by atoms with Crippen molar-refractivity contribution >= 4 is 43.6 Å². The normalized spacial score (nSPS) is 15.3. The number of hydrogen-bond acceptors (Lipinski definition) is 3. The van der Waals surface area contributed by atoms with E-state index in [1.165, 1.54) is 117 Å². The quantitative estimate of drug-likeness (QED) is 0.160. The zero-order valence-corrected chi connectivity index (χ0v) is 54.4. The van der Waals surface area contributed by atoms with Crippen LogP contribution in [0.3, 0.4) is 0 Å². The van der Waals surface area contributed by atoms with Crippen molar-refractivity contribution in [2.24, 2.45) is 0 Å². The monoisotopic (exact) mass is 1230 g/mol. The minimum Gasteiger partial charge on any atom is -0.278 e. The highest BCUT2D eigenvalue weighted by molar-refractivity contribution is 6.11. The van der Waals surface area contributed by atoms with E-state index in [4.69, 9.17) is 15.0 Å². The van der Waals surface area contributed by atoms with E-state index in [-0.39, 0.29) is 22.2 Å². The van der Waals surface area contributed by atoms with Crippen LogP contribution in [0.1, 0.15) is 97.5 Å². The molecule has 16 aromatic rings. The lowest BCUT2D eigenvalue weighted by Gasteiger charge is -2.22. The fourth-order valence-electron chi connectivity index (χ4n) is 17.7. The van der Waals surface area contributed by atoms with Crippen LogP contribution in [0.4, 0.5) is 0 Å². The van der Waals surface area contributed by atoms with Crippen LogP contribution in [0.5, 0.6) is 0 Å². The number of aromatic nitrogens is 5. The number of para-hydroxylation sites is 2. The Morgan fingerprint density at radius 2 is 0.615 bits per heavy atom. The highest BCUT2D eigenvalue weighted by atomic mass is 15.3. The molecule has 454 valence electrons. The van der Waals surface area contributed by atoms with Crippen LogP contribution in [0.15, 0.2) is 279 Å². The van der Waals surface area contributed by atoms with Crippen molar-refractivity contribution in [3.63, 3.8) is 0 Å². The molecule has 0 aliphatic heterocycles. The lowest BCUT2D eigenvalue weighted by Crippen LogP contribution is -2.14. The Balaban J connectivity index is 0.783. The zero-order chi connectivity index (χ0) is 64.1. The molecule has 20 rings (SSSR count). The van der Waals surface area contributed by atoms with Crippen LogP contribution in [-0.2, 0) is 16.2 Å². The molecule has 3 heterocycles. The summed E-state index contributed by atoms with van der Waals surface area (Å²) in [6, 6.07) is 104. The molecule has 0 amide bonds. The molecular weight excluding hydrogens is 1160 g/mol. The Morgan fingerprint density at radius 3 is 1.10 bits per heavy atom. The maximum absolute atomic E-state index is 5.77. The predicted octanol–water partition coefficient (Wildman–Crippen LogP) is 22.8. The molecule has 1 atom stereocenters. The molecule has 5 nitrogen and oxygen atoms in total. The average Bonchev–Trinajstić information content (AvgIpc) is 1.59. The molecule has 0 bridgehead atoms. The molecule has 13 aromatic carbocycles. The Morgan fingerprint density at radius 1 is 0.250 bits per heavy atom. The second-order valence-electron chi connectivity index (χ2n) is 28.7. The van der Waals surface area contributed by atoms with Gasteiger partial charge in [-0.2, -0.15) is 15.0 Å². The van der Waals surface area contributed by atoms with Gasteiger partial charge in [0.15, 0.2) is 5.82 Å². The second-order valence-corrected chi connectivity index (χ2v) is 28.7. The molecule has 0 saturated carbocycles. The van der Waals surface area contributed by atoms with Crippen LogP contribution in [-0.4, -0.2) is 24.1 Å². The zero-order valence-electron chi connectivity index (χ0n) is 54.4. The van der Waals surface area contributed by atoms with Gasteiger partial charge in [-0.15, -0.1) is 0 Å². The Bertz CT molecular complexity index is 5840. The number of hydrogen-bond donors (Lipinski definition) is 0. The second kappa shape index (κ2) is 19.8. The van der Waals surface area contributed by atoms with E-state index in [9.17, 15) is 0 Å². The molecule has 4 aliphatic rings. The van der Waals surface area contributed by atoms with Crippen LogP contribution in [0.2, 0.25) is 0 Å². The number of rotatable bonds is 7. The molecule has 0 N–H and O–H groups in total. The summed E-state index contributed by atoms with van der Waals surface area (Å²) in [7, 11) is 0. The van der Waals surface area contributed by atoms with Gasteiger partial charge in [0.25, 0.3) is 0 Å². The van der Waals surface area contributed by atoms with E-state index in [2.05, 4.69) is 330 Å². The van der Waals surface area contributed by atoms with Gasteiger partial charge in [-0.05, 0) is 183 Å². The van der Waals surface area contributed by atoms with Crippen molar-refractivity contribution < 1.29 is 0 Å². The summed E-state index contributed by atoms with van der Waals surface area (Å²) in [4.78, 5) is 17.2. The maximum atomic E-state index is 5.77. The summed E-state index contributed by atoms with van der Waals surface area (Å²) in [5.41, 5.74) is 34.0. The first-order valence-electron chi connectivity index (χ1n) is 33.8. The van der Waals surface area contributed by atoms with E-state index in [0.717, 1.165) is 60.3 Å². The molecule has 0 saturated heterocycles. The summed E-state index contributed by atoms with van der Waals surface area (Å²) in [6.45, 7) is 14.2. The summed E-state index contributed by atoms with van der Waals surface area (Å²) in [6.07, 6.45) is 0. The molecular formula is C91H65N5. The number of benzene rings is 13. The van der Waals surface area contributed by atoms with Crippen LogP contribution < -0.4 is 0 Å². The Kier molecular flexibility index (Phi) is 11.3. The van der Waals surface area contributed by atoms with Crippen molar-refractivity contribution in [3.05, 3.63) is 329 Å². The van der Waals surface area contributed by atoms with E-state index < -0.39 is 0 Å². The van der Waals surface area contributed by atoms with E-state index in [1.54, 1.807) is 0 Å². The Labute approximate surface area is 558 Å². The van der Waals surface area contributed by atoms with Gasteiger partial charge in [0.1, 0.15) is 0 Å². The average molecular weight is 1230 g/mol. The van der Waals surface area contributed by atoms with Gasteiger partial charge in [0.2, 0.25) is 11.9 Å². The molecule has 3 aromatic heterocycles. The first-order chi connectivity index (χ1) is 46.8. The van der Waals surface area contributed by atoms with Gasteiger partial charge in [0, 0.05) is 49.3 Å². The van der Waals surface area contributed by atoms with Gasteiger partial charge < -0.3 is 0 Å². The molecule has 96 heavy (non-hydrogen) atoms. The van der Waals surface area contributed by atoms with Crippen molar-refractivity contribution in [3.8, 4) is 101 Å². The lowest BCUT2D eigenvalue weighted by atomic mass is 9.81. The first kappa shape index (κ1) is 55.0. The third-order valence-corrected chi connectivity index (χ3v) is 22.5. The summed E-state index contributed by atoms with van der Waals surface area (Å²) in [5, 5.41) is 4.51. The minimum absolute atomic E-state index is 0.0450. The third-order valence-electron chi connectivity index (χ3n) is 22.5. The number of fused-ring (bicyclic) bond motifs is 18.